The number of nitrogens with zero attached hydrogens (tertiary/aromatic N) is 3. The topological polar surface area (TPSA) is 42.7 Å². The van der Waals surface area contributed by atoms with Crippen LogP contribution in [0.2, 0.25) is 5.28 Å². The lowest BCUT2D eigenvalue weighted by molar-refractivity contribution is 0.0708. The third-order valence-corrected chi connectivity index (χ3v) is 5.42. The second-order valence-corrected chi connectivity index (χ2v) is 7.35. The number of hydrogen-bond acceptors (Lipinski definition) is 3. The summed E-state index contributed by atoms with van der Waals surface area (Å²) in [6, 6.07) is 9.72. The van der Waals surface area contributed by atoms with E-state index < -0.39 is 6.55 Å². The molecule has 0 bridgehead atoms. The molecule has 146 valence electrons. The lowest BCUT2D eigenvalue weighted by Crippen LogP contribution is -2.12. The van der Waals surface area contributed by atoms with Gasteiger partial charge in [0.1, 0.15) is 5.52 Å². The molecule has 7 heteroatoms. The Kier molecular flexibility index (Phi) is 5.31. The molecule has 0 spiro atoms. The fourth-order valence-corrected chi connectivity index (χ4v) is 4.16. The maximum atomic E-state index is 14.2. The minimum Gasteiger partial charge on any atom is -0.364 e. The number of benzene rings is 1. The summed E-state index contributed by atoms with van der Waals surface area (Å²) < 4.78 is 29.5. The van der Waals surface area contributed by atoms with Crippen molar-refractivity contribution in [2.45, 2.75) is 45.2 Å². The van der Waals surface area contributed by atoms with Crippen LogP contribution < -0.4 is 5.32 Å². The predicted molar refractivity (Wildman–Crippen MR) is 108 cm³/mol. The van der Waals surface area contributed by atoms with E-state index in [0.29, 0.717) is 29.1 Å². The first-order valence-electron chi connectivity index (χ1n) is 9.35. The van der Waals surface area contributed by atoms with Crippen LogP contribution >= 0.6 is 11.6 Å². The van der Waals surface area contributed by atoms with Gasteiger partial charge in [-0.2, -0.15) is 13.8 Å². The van der Waals surface area contributed by atoms with E-state index in [1.807, 2.05) is 37.3 Å². The van der Waals surface area contributed by atoms with E-state index in [4.69, 9.17) is 11.6 Å². The molecule has 2 aromatic heterocycles. The lowest BCUT2D eigenvalue weighted by atomic mass is 9.89. The Morgan fingerprint density at radius 1 is 1.21 bits per heavy atom. The summed E-state index contributed by atoms with van der Waals surface area (Å²) in [4.78, 5) is 8.53. The van der Waals surface area contributed by atoms with Crippen molar-refractivity contribution in [1.82, 2.24) is 14.5 Å². The molecule has 3 aromatic rings. The highest BCUT2D eigenvalue weighted by molar-refractivity contribution is 6.28. The van der Waals surface area contributed by atoms with E-state index in [1.165, 1.54) is 0 Å². The first kappa shape index (κ1) is 18.9. The van der Waals surface area contributed by atoms with E-state index in [0.717, 1.165) is 35.0 Å². The van der Waals surface area contributed by atoms with Gasteiger partial charge in [-0.05, 0) is 48.9 Å². The van der Waals surface area contributed by atoms with Crippen molar-refractivity contribution in [1.29, 1.82) is 0 Å². The van der Waals surface area contributed by atoms with Crippen LogP contribution in [0.15, 0.2) is 42.5 Å². The minimum atomic E-state index is -2.68. The lowest BCUT2D eigenvalue weighted by Gasteiger charge is -2.21. The van der Waals surface area contributed by atoms with Crippen molar-refractivity contribution in [3.63, 3.8) is 0 Å². The van der Waals surface area contributed by atoms with E-state index in [1.54, 1.807) is 0 Å². The van der Waals surface area contributed by atoms with Gasteiger partial charge in [0, 0.05) is 18.2 Å². The first-order valence-corrected chi connectivity index (χ1v) is 9.73. The van der Waals surface area contributed by atoms with Crippen LogP contribution in [0.1, 0.15) is 48.6 Å². The zero-order chi connectivity index (χ0) is 19.7. The van der Waals surface area contributed by atoms with Gasteiger partial charge >= 0.3 is 6.55 Å². The van der Waals surface area contributed by atoms with Gasteiger partial charge in [0.15, 0.2) is 5.82 Å². The average Bonchev–Trinajstić information content (AvgIpc) is 3.00. The molecule has 0 amide bonds. The molecular weight excluding hydrogens is 382 g/mol. The number of aromatic nitrogens is 3. The molecule has 1 aliphatic rings. The molecular formula is C21H21ClF2N4. The quantitative estimate of drug-likeness (QED) is 0.406. The smallest absolute Gasteiger partial charge is 0.319 e. The number of fused-ring (bicyclic) bond motifs is 1. The molecule has 0 saturated heterocycles. The van der Waals surface area contributed by atoms with Crippen LogP contribution in [0.4, 0.5) is 14.6 Å². The summed E-state index contributed by atoms with van der Waals surface area (Å²) >= 11 is 6.13. The van der Waals surface area contributed by atoms with Crippen LogP contribution in [0.25, 0.3) is 11.0 Å². The van der Waals surface area contributed by atoms with Gasteiger partial charge in [-0.25, -0.2) is 4.98 Å². The summed E-state index contributed by atoms with van der Waals surface area (Å²) in [5.74, 6) is 0.369. The molecule has 0 fully saturated rings. The molecule has 0 radical (unpaired) electrons. The van der Waals surface area contributed by atoms with Gasteiger partial charge in [0.2, 0.25) is 5.28 Å². The summed E-state index contributed by atoms with van der Waals surface area (Å²) in [5.41, 5.74) is 3.21. The minimum absolute atomic E-state index is 0.0361. The zero-order valence-electron chi connectivity index (χ0n) is 15.5. The summed E-state index contributed by atoms with van der Waals surface area (Å²) in [7, 11) is 0. The van der Waals surface area contributed by atoms with Gasteiger partial charge in [-0.15, -0.1) is 0 Å². The number of nitrogens with one attached hydrogen (secondary N) is 1. The van der Waals surface area contributed by atoms with Crippen LogP contribution in [-0.4, -0.2) is 14.5 Å². The number of aryl methyl sites for hydroxylation is 1. The van der Waals surface area contributed by atoms with Gasteiger partial charge in [0.25, 0.3) is 0 Å². The third kappa shape index (κ3) is 3.49. The number of anilines is 1. The number of allylic oxidation sites excluding steroid dienone is 2. The van der Waals surface area contributed by atoms with Crippen molar-refractivity contribution in [2.24, 2.45) is 0 Å². The fraction of sp³-hybridized carbons (Fsp3) is 0.333. The van der Waals surface area contributed by atoms with E-state index >= 15 is 0 Å². The van der Waals surface area contributed by atoms with E-state index in [2.05, 4.69) is 27.4 Å². The molecule has 4 nitrogen and oxygen atoms in total. The third-order valence-electron chi connectivity index (χ3n) is 5.25. The highest BCUT2D eigenvalue weighted by Gasteiger charge is 2.29. The Hall–Kier alpha value is -2.47. The van der Waals surface area contributed by atoms with Crippen LogP contribution in [-0.2, 0) is 6.54 Å². The molecule has 0 saturated carbocycles. The maximum absolute atomic E-state index is 14.2. The second-order valence-electron chi connectivity index (χ2n) is 7.02. The largest absolute Gasteiger partial charge is 0.364 e. The summed E-state index contributed by atoms with van der Waals surface area (Å²) in [5, 5.41) is 3.23. The Labute approximate surface area is 167 Å². The number of hydrogen-bond donors (Lipinski definition) is 1. The second kappa shape index (κ2) is 7.87. The molecule has 4 rings (SSSR count). The van der Waals surface area contributed by atoms with Gasteiger partial charge in [0.05, 0.1) is 5.52 Å². The molecule has 1 unspecified atom stereocenters. The Morgan fingerprint density at radius 3 is 2.68 bits per heavy atom. The molecule has 1 N–H and O–H groups in total. The maximum Gasteiger partial charge on any atom is 0.319 e. The van der Waals surface area contributed by atoms with Crippen LogP contribution in [0.3, 0.4) is 0 Å². The highest BCUT2D eigenvalue weighted by Crippen LogP contribution is 2.41. The van der Waals surface area contributed by atoms with E-state index in [-0.39, 0.29) is 11.2 Å². The van der Waals surface area contributed by atoms with Gasteiger partial charge in [-0.3, -0.25) is 4.57 Å². The van der Waals surface area contributed by atoms with Gasteiger partial charge < -0.3 is 5.32 Å². The van der Waals surface area contributed by atoms with Crippen LogP contribution in [0, 0.1) is 6.92 Å². The molecule has 28 heavy (non-hydrogen) atoms. The van der Waals surface area contributed by atoms with Crippen molar-refractivity contribution in [2.75, 3.05) is 5.32 Å². The number of alkyl halides is 2. The molecule has 1 aromatic carbocycles. The molecule has 1 aliphatic carbocycles. The predicted octanol–water partition coefficient (Wildman–Crippen LogP) is 6.22. The molecule has 2 heterocycles. The Bertz CT molecular complexity index is 1010. The first-order chi connectivity index (χ1) is 13.6. The van der Waals surface area contributed by atoms with Crippen molar-refractivity contribution in [3.05, 3.63) is 64.6 Å². The van der Waals surface area contributed by atoms with Crippen molar-refractivity contribution >= 4 is 28.5 Å². The summed E-state index contributed by atoms with van der Waals surface area (Å²) in [6.07, 6.45) is 6.64. The van der Waals surface area contributed by atoms with Crippen molar-refractivity contribution < 1.29 is 8.78 Å². The highest BCUT2D eigenvalue weighted by atomic mass is 35.5. The zero-order valence-corrected chi connectivity index (χ0v) is 16.3. The standard InChI is InChI=1S/C21H21ClF2N4/c1-13-16-18(28(21(23)24)17(13)15-10-6-3-7-11-15)19(27-20(22)26-16)25-12-14-8-4-2-5-9-14/h2-6,8-9,15,21H,7,10-12H2,1H3,(H,25,26,27). The van der Waals surface area contributed by atoms with Crippen LogP contribution in [0.5, 0.6) is 0 Å². The Morgan fingerprint density at radius 2 is 2.00 bits per heavy atom. The van der Waals surface area contributed by atoms with E-state index in [9.17, 15) is 8.78 Å². The Balaban J connectivity index is 1.84. The number of rotatable bonds is 5. The fourth-order valence-electron chi connectivity index (χ4n) is 3.99. The normalized spacial score (nSPS) is 16.8. The molecule has 0 aliphatic heterocycles. The number of halogens is 3. The van der Waals surface area contributed by atoms with Crippen molar-refractivity contribution in [3.8, 4) is 0 Å². The monoisotopic (exact) mass is 402 g/mol. The van der Waals surface area contributed by atoms with Gasteiger partial charge in [-0.1, -0.05) is 42.5 Å². The molecule has 1 atom stereocenters. The average molecular weight is 403 g/mol. The summed E-state index contributed by atoms with van der Waals surface area (Å²) in [6.45, 7) is -0.378. The SMILES string of the molecule is Cc1c(C2CC=CCC2)n(C(F)F)c2c(NCc3ccccc3)nc(Cl)nc12.